The van der Waals surface area contributed by atoms with E-state index in [0.717, 1.165) is 27.9 Å². The predicted octanol–water partition coefficient (Wildman–Crippen LogP) is 3.34. The minimum absolute atomic E-state index is 0.101. The van der Waals surface area contributed by atoms with Crippen LogP contribution >= 0.6 is 0 Å². The average molecular weight is 281 g/mol. The zero-order valence-electron chi connectivity index (χ0n) is 11.8. The van der Waals surface area contributed by atoms with E-state index in [9.17, 15) is 4.79 Å². The Bertz CT molecular complexity index is 819. The van der Waals surface area contributed by atoms with Gasteiger partial charge in [0.25, 0.3) is 0 Å². The number of hydrogen-bond donors (Lipinski definition) is 2. The highest BCUT2D eigenvalue weighted by Gasteiger charge is 2.11. The molecule has 0 bridgehead atoms. The molecule has 0 unspecified atom stereocenters. The van der Waals surface area contributed by atoms with Crippen LogP contribution in [0.2, 0.25) is 0 Å². The van der Waals surface area contributed by atoms with Crippen LogP contribution in [0, 0.1) is 6.92 Å². The van der Waals surface area contributed by atoms with E-state index < -0.39 is 0 Å². The lowest BCUT2D eigenvalue weighted by Gasteiger charge is -2.01. The molecule has 0 radical (unpaired) electrons. The number of aromatic nitrogens is 1. The van der Waals surface area contributed by atoms with Crippen LogP contribution in [-0.4, -0.2) is 10.9 Å². The fourth-order valence-corrected chi connectivity index (χ4v) is 2.25. The number of oxazole rings is 1. The Morgan fingerprint density at radius 3 is 2.62 bits per heavy atom. The maximum atomic E-state index is 11.0. The van der Waals surface area contributed by atoms with E-state index in [1.807, 2.05) is 37.3 Å². The molecule has 0 fully saturated rings. The summed E-state index contributed by atoms with van der Waals surface area (Å²) in [6.45, 7) is 3.41. The van der Waals surface area contributed by atoms with Gasteiger partial charge in [-0.2, -0.15) is 0 Å². The van der Waals surface area contributed by atoms with E-state index in [0.29, 0.717) is 11.6 Å². The number of aryl methyl sites for hydroxylation is 1. The van der Waals surface area contributed by atoms with Gasteiger partial charge in [0, 0.05) is 23.9 Å². The topological polar surface area (TPSA) is 81.2 Å². The Morgan fingerprint density at radius 1 is 1.24 bits per heavy atom. The molecular weight excluding hydrogens is 266 g/mol. The van der Waals surface area contributed by atoms with E-state index in [1.165, 1.54) is 6.92 Å². The molecule has 1 amide bonds. The minimum Gasteiger partial charge on any atom is -0.436 e. The summed E-state index contributed by atoms with van der Waals surface area (Å²) < 4.78 is 5.81. The Hall–Kier alpha value is -2.82. The summed E-state index contributed by atoms with van der Waals surface area (Å²) in [5, 5.41) is 2.72. The van der Waals surface area contributed by atoms with Crippen molar-refractivity contribution in [1.29, 1.82) is 0 Å². The molecule has 1 aromatic heterocycles. The first kappa shape index (κ1) is 13.2. The second kappa shape index (κ2) is 4.94. The highest BCUT2D eigenvalue weighted by molar-refractivity contribution is 5.89. The smallest absolute Gasteiger partial charge is 0.227 e. The molecule has 3 aromatic rings. The SMILES string of the molecule is CC(=O)Nc1ccc(-c2nc3cc(N)cc(C)c3o2)cc1. The van der Waals surface area contributed by atoms with Gasteiger partial charge in [0.1, 0.15) is 5.52 Å². The first-order valence-corrected chi connectivity index (χ1v) is 6.57. The number of anilines is 2. The van der Waals surface area contributed by atoms with Crippen molar-refractivity contribution in [3.8, 4) is 11.5 Å². The summed E-state index contributed by atoms with van der Waals surface area (Å²) in [7, 11) is 0. The first-order chi connectivity index (χ1) is 10.0. The molecule has 5 heteroatoms. The van der Waals surface area contributed by atoms with Crippen LogP contribution in [-0.2, 0) is 4.79 Å². The lowest BCUT2D eigenvalue weighted by atomic mass is 10.2. The number of nitrogens with zero attached hydrogens (tertiary/aromatic N) is 1. The van der Waals surface area contributed by atoms with Crippen molar-refractivity contribution in [2.24, 2.45) is 0 Å². The van der Waals surface area contributed by atoms with Gasteiger partial charge in [0.2, 0.25) is 11.8 Å². The zero-order valence-corrected chi connectivity index (χ0v) is 11.8. The minimum atomic E-state index is -0.101. The number of carbonyl (C=O) groups is 1. The van der Waals surface area contributed by atoms with E-state index in [4.69, 9.17) is 10.2 Å². The monoisotopic (exact) mass is 281 g/mol. The van der Waals surface area contributed by atoms with Gasteiger partial charge in [-0.05, 0) is 48.9 Å². The van der Waals surface area contributed by atoms with Crippen molar-refractivity contribution in [2.75, 3.05) is 11.1 Å². The normalized spacial score (nSPS) is 10.8. The number of carbonyl (C=O) groups excluding carboxylic acids is 1. The van der Waals surface area contributed by atoms with Crippen molar-refractivity contribution in [2.45, 2.75) is 13.8 Å². The number of benzene rings is 2. The molecule has 3 rings (SSSR count). The predicted molar refractivity (Wildman–Crippen MR) is 82.9 cm³/mol. The van der Waals surface area contributed by atoms with Crippen molar-refractivity contribution < 1.29 is 9.21 Å². The molecule has 0 saturated carbocycles. The standard InChI is InChI=1S/C16H15N3O2/c1-9-7-12(17)8-14-15(9)21-16(19-14)11-3-5-13(6-4-11)18-10(2)20/h3-8H,17H2,1-2H3,(H,18,20). The van der Waals surface area contributed by atoms with Gasteiger partial charge < -0.3 is 15.5 Å². The van der Waals surface area contributed by atoms with Crippen LogP contribution in [0.4, 0.5) is 11.4 Å². The number of nitrogen functional groups attached to an aromatic ring is 1. The Balaban J connectivity index is 2.00. The van der Waals surface area contributed by atoms with Gasteiger partial charge in [-0.1, -0.05) is 0 Å². The lowest BCUT2D eigenvalue weighted by Crippen LogP contribution is -2.05. The Kier molecular flexibility index (Phi) is 3.10. The van der Waals surface area contributed by atoms with Gasteiger partial charge in [-0.3, -0.25) is 4.79 Å². The van der Waals surface area contributed by atoms with Crippen LogP contribution in [0.15, 0.2) is 40.8 Å². The molecule has 0 aliphatic heterocycles. The lowest BCUT2D eigenvalue weighted by molar-refractivity contribution is -0.114. The third kappa shape index (κ3) is 2.58. The first-order valence-electron chi connectivity index (χ1n) is 6.57. The third-order valence-corrected chi connectivity index (χ3v) is 3.15. The molecule has 0 aliphatic rings. The van der Waals surface area contributed by atoms with E-state index >= 15 is 0 Å². The summed E-state index contributed by atoms with van der Waals surface area (Å²) in [5.41, 5.74) is 10.5. The second-order valence-corrected chi connectivity index (χ2v) is 4.96. The van der Waals surface area contributed by atoms with Crippen LogP contribution < -0.4 is 11.1 Å². The average Bonchev–Trinajstić information content (AvgIpc) is 2.83. The van der Waals surface area contributed by atoms with Gasteiger partial charge in [-0.15, -0.1) is 0 Å². The molecule has 2 aromatic carbocycles. The van der Waals surface area contributed by atoms with Crippen molar-refractivity contribution >= 4 is 28.4 Å². The van der Waals surface area contributed by atoms with Gasteiger partial charge in [-0.25, -0.2) is 4.98 Å². The highest BCUT2D eigenvalue weighted by atomic mass is 16.3. The number of amides is 1. The highest BCUT2D eigenvalue weighted by Crippen LogP contribution is 2.28. The Morgan fingerprint density at radius 2 is 1.95 bits per heavy atom. The van der Waals surface area contributed by atoms with Crippen molar-refractivity contribution in [3.05, 3.63) is 42.0 Å². The zero-order chi connectivity index (χ0) is 15.0. The molecule has 0 spiro atoms. The number of nitrogens with one attached hydrogen (secondary N) is 1. The fourth-order valence-electron chi connectivity index (χ4n) is 2.25. The molecule has 106 valence electrons. The summed E-state index contributed by atoms with van der Waals surface area (Å²) in [4.78, 5) is 15.5. The largest absolute Gasteiger partial charge is 0.436 e. The molecule has 21 heavy (non-hydrogen) atoms. The van der Waals surface area contributed by atoms with Gasteiger partial charge in [0.05, 0.1) is 0 Å². The van der Waals surface area contributed by atoms with E-state index in [1.54, 1.807) is 6.07 Å². The van der Waals surface area contributed by atoms with E-state index in [-0.39, 0.29) is 5.91 Å². The molecule has 0 aliphatic carbocycles. The number of nitrogens with two attached hydrogens (primary N) is 1. The summed E-state index contributed by atoms with van der Waals surface area (Å²) in [6.07, 6.45) is 0. The molecule has 1 heterocycles. The number of rotatable bonds is 2. The maximum absolute atomic E-state index is 11.0. The third-order valence-electron chi connectivity index (χ3n) is 3.15. The molecule has 3 N–H and O–H groups in total. The molecular formula is C16H15N3O2. The van der Waals surface area contributed by atoms with Crippen LogP contribution in [0.1, 0.15) is 12.5 Å². The van der Waals surface area contributed by atoms with Gasteiger partial charge >= 0.3 is 0 Å². The second-order valence-electron chi connectivity index (χ2n) is 4.96. The maximum Gasteiger partial charge on any atom is 0.227 e. The van der Waals surface area contributed by atoms with Crippen LogP contribution in [0.25, 0.3) is 22.6 Å². The summed E-state index contributed by atoms with van der Waals surface area (Å²) >= 11 is 0. The van der Waals surface area contributed by atoms with Gasteiger partial charge in [0.15, 0.2) is 5.58 Å². The quantitative estimate of drug-likeness (QED) is 0.706. The fraction of sp³-hybridized carbons (Fsp3) is 0.125. The molecule has 5 nitrogen and oxygen atoms in total. The summed E-state index contributed by atoms with van der Waals surface area (Å²) in [5.74, 6) is 0.434. The number of hydrogen-bond acceptors (Lipinski definition) is 4. The molecule has 0 saturated heterocycles. The number of fused-ring (bicyclic) bond motifs is 1. The van der Waals surface area contributed by atoms with Crippen LogP contribution in [0.3, 0.4) is 0 Å². The summed E-state index contributed by atoms with van der Waals surface area (Å²) in [6, 6.07) is 11.0. The van der Waals surface area contributed by atoms with Crippen molar-refractivity contribution in [3.63, 3.8) is 0 Å². The molecule has 0 atom stereocenters. The van der Waals surface area contributed by atoms with Crippen LogP contribution in [0.5, 0.6) is 0 Å². The van der Waals surface area contributed by atoms with Crippen molar-refractivity contribution in [1.82, 2.24) is 4.98 Å². The Labute approximate surface area is 121 Å². The van der Waals surface area contributed by atoms with E-state index in [2.05, 4.69) is 10.3 Å².